The van der Waals surface area contributed by atoms with Gasteiger partial charge in [-0.2, -0.15) is 9.97 Å². The summed E-state index contributed by atoms with van der Waals surface area (Å²) in [5.41, 5.74) is 2.25. The first kappa shape index (κ1) is 25.9. The predicted molar refractivity (Wildman–Crippen MR) is 148 cm³/mol. The molecule has 0 aliphatic rings. The zero-order valence-electron chi connectivity index (χ0n) is 20.5. The van der Waals surface area contributed by atoms with Gasteiger partial charge in [0.1, 0.15) is 18.0 Å². The Hall–Kier alpha value is -3.13. The van der Waals surface area contributed by atoms with Crippen LogP contribution in [-0.4, -0.2) is 32.1 Å². The van der Waals surface area contributed by atoms with Crippen molar-refractivity contribution in [2.45, 2.75) is 39.4 Å². The number of rotatable bonds is 12. The number of benzene rings is 2. The largest absolute Gasteiger partial charge is 0.366 e. The van der Waals surface area contributed by atoms with Crippen LogP contribution in [0.2, 0.25) is 10.0 Å². The highest BCUT2D eigenvalue weighted by molar-refractivity contribution is 6.30. The molecule has 4 rings (SSSR count). The molecule has 3 N–H and O–H groups in total. The summed E-state index contributed by atoms with van der Waals surface area (Å²) in [6.45, 7) is 6.57. The molecular weight excluding hydrogens is 493 g/mol. The highest BCUT2D eigenvalue weighted by atomic mass is 35.5. The molecule has 36 heavy (non-hydrogen) atoms. The number of hydrogen-bond donors (Lipinski definition) is 3. The standard InChI is InChI=1S/C27H31Cl2N7/c1-19(2)12-24(17-31-15-20-6-8-22(28)9-7-20)33-25-14-26(36-11-10-30-18-36)35-27(34-25)32-16-21-4-3-5-23(29)13-21/h3-11,13-14,18-19,24,31H,12,15-17H2,1-2H3,(H2,32,33,34,35)/t24-/m0/s1. The number of aromatic nitrogens is 4. The predicted octanol–water partition coefficient (Wildman–Crippen LogP) is 6.20. The Morgan fingerprint density at radius 2 is 1.75 bits per heavy atom. The monoisotopic (exact) mass is 523 g/mol. The van der Waals surface area contributed by atoms with Crippen LogP contribution in [0.25, 0.3) is 5.82 Å². The molecule has 0 unspecified atom stereocenters. The van der Waals surface area contributed by atoms with Gasteiger partial charge < -0.3 is 16.0 Å². The van der Waals surface area contributed by atoms with E-state index >= 15 is 0 Å². The molecule has 7 nitrogen and oxygen atoms in total. The van der Waals surface area contributed by atoms with Gasteiger partial charge in [0.2, 0.25) is 5.95 Å². The van der Waals surface area contributed by atoms with Gasteiger partial charge >= 0.3 is 0 Å². The lowest BCUT2D eigenvalue weighted by molar-refractivity contribution is 0.487. The second-order valence-electron chi connectivity index (χ2n) is 9.12. The summed E-state index contributed by atoms with van der Waals surface area (Å²) in [4.78, 5) is 13.6. The van der Waals surface area contributed by atoms with Crippen molar-refractivity contribution in [3.8, 4) is 5.82 Å². The minimum Gasteiger partial charge on any atom is -0.366 e. The highest BCUT2D eigenvalue weighted by Gasteiger charge is 2.14. The molecule has 0 radical (unpaired) electrons. The van der Waals surface area contributed by atoms with Gasteiger partial charge in [0, 0.05) is 54.2 Å². The lowest BCUT2D eigenvalue weighted by Crippen LogP contribution is -2.34. The Bertz CT molecular complexity index is 1230. The second kappa shape index (κ2) is 12.7. The van der Waals surface area contributed by atoms with E-state index < -0.39 is 0 Å². The molecule has 2 aromatic carbocycles. The molecule has 0 saturated carbocycles. The van der Waals surface area contributed by atoms with E-state index in [0.29, 0.717) is 23.4 Å². The van der Waals surface area contributed by atoms with E-state index in [1.54, 1.807) is 12.5 Å². The smallest absolute Gasteiger partial charge is 0.226 e. The lowest BCUT2D eigenvalue weighted by Gasteiger charge is -2.22. The quantitative estimate of drug-likeness (QED) is 0.205. The topological polar surface area (TPSA) is 79.7 Å². The van der Waals surface area contributed by atoms with E-state index in [0.717, 1.165) is 41.7 Å². The van der Waals surface area contributed by atoms with E-state index in [2.05, 4.69) is 34.8 Å². The molecule has 0 aliphatic carbocycles. The fraction of sp³-hybridized carbons (Fsp3) is 0.296. The third-order valence-corrected chi connectivity index (χ3v) is 6.05. The molecule has 188 valence electrons. The van der Waals surface area contributed by atoms with Gasteiger partial charge in [-0.3, -0.25) is 4.57 Å². The normalized spacial score (nSPS) is 12.0. The zero-order chi connectivity index (χ0) is 25.3. The van der Waals surface area contributed by atoms with Gasteiger partial charge in [0.05, 0.1) is 0 Å². The minimum absolute atomic E-state index is 0.184. The van der Waals surface area contributed by atoms with Crippen molar-refractivity contribution in [3.05, 3.63) is 94.5 Å². The number of hydrogen-bond acceptors (Lipinski definition) is 6. The number of anilines is 2. The third kappa shape index (κ3) is 7.95. The van der Waals surface area contributed by atoms with E-state index in [1.807, 2.05) is 65.4 Å². The zero-order valence-corrected chi connectivity index (χ0v) is 22.0. The third-order valence-electron chi connectivity index (χ3n) is 5.56. The number of nitrogens with one attached hydrogen (secondary N) is 3. The van der Waals surface area contributed by atoms with Crippen molar-refractivity contribution in [3.63, 3.8) is 0 Å². The van der Waals surface area contributed by atoms with Gasteiger partial charge in [-0.1, -0.05) is 61.3 Å². The molecular formula is C27H31Cl2N7. The van der Waals surface area contributed by atoms with Crippen LogP contribution in [0.4, 0.5) is 11.8 Å². The van der Waals surface area contributed by atoms with Crippen molar-refractivity contribution in [1.82, 2.24) is 24.8 Å². The summed E-state index contributed by atoms with van der Waals surface area (Å²) >= 11 is 12.2. The van der Waals surface area contributed by atoms with Crippen LogP contribution in [0.1, 0.15) is 31.4 Å². The number of imidazole rings is 1. The Kier molecular flexibility index (Phi) is 9.17. The SMILES string of the molecule is CC(C)C[C@@H](CNCc1ccc(Cl)cc1)Nc1cc(-n2ccnc2)nc(NCc2cccc(Cl)c2)n1. The fourth-order valence-electron chi connectivity index (χ4n) is 3.91. The van der Waals surface area contributed by atoms with Crippen LogP contribution >= 0.6 is 23.2 Å². The molecule has 0 spiro atoms. The Labute approximate surface area is 222 Å². The maximum atomic E-state index is 6.14. The fourth-order valence-corrected chi connectivity index (χ4v) is 4.25. The lowest BCUT2D eigenvalue weighted by atomic mass is 10.0. The molecule has 0 saturated heterocycles. The van der Waals surface area contributed by atoms with Gasteiger partial charge in [-0.25, -0.2) is 4.98 Å². The van der Waals surface area contributed by atoms with Crippen molar-refractivity contribution in [2.24, 2.45) is 5.92 Å². The molecule has 0 amide bonds. The molecule has 0 fully saturated rings. The highest BCUT2D eigenvalue weighted by Crippen LogP contribution is 2.18. The Morgan fingerprint density at radius 1 is 0.917 bits per heavy atom. The summed E-state index contributed by atoms with van der Waals surface area (Å²) in [7, 11) is 0. The number of halogens is 2. The van der Waals surface area contributed by atoms with Crippen molar-refractivity contribution >= 4 is 35.0 Å². The maximum absolute atomic E-state index is 6.14. The first-order valence-corrected chi connectivity index (χ1v) is 12.8. The van der Waals surface area contributed by atoms with Crippen LogP contribution < -0.4 is 16.0 Å². The molecule has 1 atom stereocenters. The van der Waals surface area contributed by atoms with Gasteiger partial charge in [-0.05, 0) is 47.7 Å². The van der Waals surface area contributed by atoms with Gasteiger partial charge in [0.25, 0.3) is 0 Å². The molecule has 4 aromatic rings. The maximum Gasteiger partial charge on any atom is 0.226 e. The summed E-state index contributed by atoms with van der Waals surface area (Å²) in [6, 6.07) is 17.8. The average Bonchev–Trinajstić information content (AvgIpc) is 3.39. The summed E-state index contributed by atoms with van der Waals surface area (Å²) in [5.74, 6) is 2.54. The second-order valence-corrected chi connectivity index (χ2v) is 9.99. The van der Waals surface area contributed by atoms with E-state index in [9.17, 15) is 0 Å². The first-order chi connectivity index (χ1) is 17.4. The van der Waals surface area contributed by atoms with E-state index in [1.165, 1.54) is 5.56 Å². The van der Waals surface area contributed by atoms with E-state index in [-0.39, 0.29) is 6.04 Å². The molecule has 0 bridgehead atoms. The summed E-state index contributed by atoms with van der Waals surface area (Å²) < 4.78 is 1.87. The van der Waals surface area contributed by atoms with Gasteiger partial charge in [-0.15, -0.1) is 0 Å². The van der Waals surface area contributed by atoms with Crippen LogP contribution in [0, 0.1) is 5.92 Å². The van der Waals surface area contributed by atoms with Gasteiger partial charge in [0.15, 0.2) is 0 Å². The summed E-state index contributed by atoms with van der Waals surface area (Å²) in [6.07, 6.45) is 6.32. The average molecular weight is 525 g/mol. The molecule has 0 aliphatic heterocycles. The first-order valence-electron chi connectivity index (χ1n) is 12.0. The van der Waals surface area contributed by atoms with Crippen molar-refractivity contribution in [1.29, 1.82) is 0 Å². The van der Waals surface area contributed by atoms with Crippen molar-refractivity contribution < 1.29 is 0 Å². The van der Waals surface area contributed by atoms with E-state index in [4.69, 9.17) is 33.2 Å². The van der Waals surface area contributed by atoms with Crippen LogP contribution in [0.5, 0.6) is 0 Å². The minimum atomic E-state index is 0.184. The van der Waals surface area contributed by atoms with Crippen molar-refractivity contribution in [2.75, 3.05) is 17.2 Å². The van der Waals surface area contributed by atoms with Crippen LogP contribution in [-0.2, 0) is 13.1 Å². The molecule has 2 heterocycles. The number of nitrogens with zero attached hydrogens (tertiary/aromatic N) is 4. The van der Waals surface area contributed by atoms with Crippen LogP contribution in [0.15, 0.2) is 73.3 Å². The van der Waals surface area contributed by atoms with Crippen LogP contribution in [0.3, 0.4) is 0 Å². The summed E-state index contributed by atoms with van der Waals surface area (Å²) in [5, 5.41) is 12.0. The Morgan fingerprint density at radius 3 is 2.47 bits per heavy atom. The molecule has 2 aromatic heterocycles. The Balaban J connectivity index is 1.48. The molecule has 9 heteroatoms.